The second-order valence-corrected chi connectivity index (χ2v) is 11.0. The topological polar surface area (TPSA) is 30.7 Å². The molecule has 1 heterocycles. The molecule has 3 unspecified atom stereocenters. The fraction of sp³-hybridized carbons (Fsp3) is 0.552. The number of esters is 1. The van der Waals surface area contributed by atoms with Crippen molar-refractivity contribution in [3.05, 3.63) is 70.7 Å². The molecule has 4 heteroatoms. The Labute approximate surface area is 203 Å². The zero-order valence-corrected chi connectivity index (χ0v) is 20.4. The van der Waals surface area contributed by atoms with E-state index in [0.29, 0.717) is 11.8 Å². The monoisotopic (exact) mass is 466 g/mol. The third-order valence-corrected chi connectivity index (χ3v) is 8.82. The SMILES string of the molecule is O=C(O[C@H]1CC2C[NH+](CCc3cccc(Cl)c3)CCC21)C1(c2ccccc2)CCCCCC1. The Bertz CT molecular complexity index is 938. The molecule has 2 aromatic carbocycles. The highest BCUT2D eigenvalue weighted by Crippen LogP contribution is 2.44. The fourth-order valence-electron chi connectivity index (χ4n) is 6.58. The van der Waals surface area contributed by atoms with Crippen LogP contribution in [0.2, 0.25) is 5.02 Å². The molecule has 2 aromatic rings. The number of quaternary nitrogens is 1. The van der Waals surface area contributed by atoms with Crippen molar-refractivity contribution < 1.29 is 14.4 Å². The first-order valence-corrected chi connectivity index (χ1v) is 13.4. The molecule has 5 rings (SSSR count). The van der Waals surface area contributed by atoms with Crippen molar-refractivity contribution in [3.8, 4) is 0 Å². The minimum absolute atomic E-state index is 0.0507. The van der Waals surface area contributed by atoms with Crippen LogP contribution >= 0.6 is 11.6 Å². The van der Waals surface area contributed by atoms with E-state index in [4.69, 9.17) is 16.3 Å². The molecule has 0 aromatic heterocycles. The van der Waals surface area contributed by atoms with E-state index in [2.05, 4.69) is 36.4 Å². The van der Waals surface area contributed by atoms with Gasteiger partial charge in [0, 0.05) is 29.7 Å². The van der Waals surface area contributed by atoms with Crippen LogP contribution in [0, 0.1) is 11.8 Å². The van der Waals surface area contributed by atoms with Gasteiger partial charge in [-0.15, -0.1) is 0 Å². The molecule has 1 saturated heterocycles. The first kappa shape index (κ1) is 22.9. The minimum Gasteiger partial charge on any atom is -0.461 e. The normalized spacial score (nSPS) is 28.8. The number of fused-ring (bicyclic) bond motifs is 1. The van der Waals surface area contributed by atoms with Crippen molar-refractivity contribution in [2.45, 2.75) is 69.3 Å². The van der Waals surface area contributed by atoms with Gasteiger partial charge in [-0.3, -0.25) is 4.79 Å². The van der Waals surface area contributed by atoms with Gasteiger partial charge in [-0.1, -0.05) is 79.7 Å². The molecular formula is C29H37ClNO2+. The highest BCUT2D eigenvalue weighted by molar-refractivity contribution is 6.30. The first-order valence-electron chi connectivity index (χ1n) is 13.0. The van der Waals surface area contributed by atoms with Crippen LogP contribution in [0.3, 0.4) is 0 Å². The highest BCUT2D eigenvalue weighted by Gasteiger charge is 2.51. The predicted molar refractivity (Wildman–Crippen MR) is 133 cm³/mol. The average molecular weight is 467 g/mol. The van der Waals surface area contributed by atoms with E-state index in [0.717, 1.165) is 55.7 Å². The summed E-state index contributed by atoms with van der Waals surface area (Å²) in [6, 6.07) is 18.7. The Morgan fingerprint density at radius 1 is 1.03 bits per heavy atom. The molecule has 0 amide bonds. The zero-order valence-electron chi connectivity index (χ0n) is 19.6. The van der Waals surface area contributed by atoms with Crippen LogP contribution in [0.4, 0.5) is 0 Å². The predicted octanol–water partition coefficient (Wildman–Crippen LogP) is 5.01. The van der Waals surface area contributed by atoms with Gasteiger partial charge < -0.3 is 9.64 Å². The number of hydrogen-bond acceptors (Lipinski definition) is 2. The lowest BCUT2D eigenvalue weighted by Crippen LogP contribution is -3.14. The van der Waals surface area contributed by atoms with Crippen LogP contribution in [0.5, 0.6) is 0 Å². The van der Waals surface area contributed by atoms with Gasteiger partial charge in [-0.2, -0.15) is 0 Å². The second-order valence-electron chi connectivity index (χ2n) is 10.6. The largest absolute Gasteiger partial charge is 0.461 e. The van der Waals surface area contributed by atoms with E-state index in [1.54, 1.807) is 4.90 Å². The summed E-state index contributed by atoms with van der Waals surface area (Å²) in [5, 5.41) is 0.826. The van der Waals surface area contributed by atoms with E-state index < -0.39 is 5.41 Å². The quantitative estimate of drug-likeness (QED) is 0.479. The summed E-state index contributed by atoms with van der Waals surface area (Å²) in [5.74, 6) is 1.31. The molecule has 3 aliphatic rings. The summed E-state index contributed by atoms with van der Waals surface area (Å²) in [6.45, 7) is 3.55. The van der Waals surface area contributed by atoms with Crippen molar-refractivity contribution in [1.82, 2.24) is 0 Å². The van der Waals surface area contributed by atoms with Gasteiger partial charge in [-0.25, -0.2) is 0 Å². The molecular weight excluding hydrogens is 430 g/mol. The van der Waals surface area contributed by atoms with Crippen molar-refractivity contribution in [2.24, 2.45) is 11.8 Å². The van der Waals surface area contributed by atoms with Gasteiger partial charge >= 0.3 is 5.97 Å². The molecule has 4 atom stereocenters. The number of likely N-dealkylation sites (tertiary alicyclic amines) is 1. The number of halogens is 1. The maximum atomic E-state index is 13.7. The maximum absolute atomic E-state index is 13.7. The third-order valence-electron chi connectivity index (χ3n) is 8.59. The lowest BCUT2D eigenvalue weighted by molar-refractivity contribution is -0.912. The highest BCUT2D eigenvalue weighted by atomic mass is 35.5. The second kappa shape index (κ2) is 10.2. The van der Waals surface area contributed by atoms with Crippen molar-refractivity contribution in [2.75, 3.05) is 19.6 Å². The first-order chi connectivity index (χ1) is 16.1. The molecule has 1 aliphatic heterocycles. The number of carbonyl (C=O) groups is 1. The molecule has 0 bridgehead atoms. The van der Waals surface area contributed by atoms with Crippen LogP contribution in [-0.4, -0.2) is 31.7 Å². The minimum atomic E-state index is -0.439. The van der Waals surface area contributed by atoms with Crippen molar-refractivity contribution in [3.63, 3.8) is 0 Å². The molecule has 0 spiro atoms. The summed E-state index contributed by atoms with van der Waals surface area (Å²) < 4.78 is 6.32. The Kier molecular flexibility index (Phi) is 7.08. The Balaban J connectivity index is 1.17. The number of piperidine rings is 1. The lowest BCUT2D eigenvalue weighted by atomic mass is 9.66. The van der Waals surface area contributed by atoms with Crippen LogP contribution in [0.1, 0.15) is 62.5 Å². The van der Waals surface area contributed by atoms with E-state index in [1.807, 2.05) is 18.2 Å². The number of benzene rings is 2. The summed E-state index contributed by atoms with van der Waals surface area (Å²) in [7, 11) is 0. The molecule has 1 N–H and O–H groups in total. The summed E-state index contributed by atoms with van der Waals surface area (Å²) >= 11 is 6.14. The average Bonchev–Trinajstić information content (AvgIpc) is 3.09. The fourth-order valence-corrected chi connectivity index (χ4v) is 6.79. The lowest BCUT2D eigenvalue weighted by Gasteiger charge is -2.49. The third kappa shape index (κ3) is 5.00. The van der Waals surface area contributed by atoms with Gasteiger partial charge in [0.15, 0.2) is 0 Å². The summed E-state index contributed by atoms with van der Waals surface area (Å²) in [4.78, 5) is 15.3. The van der Waals surface area contributed by atoms with Crippen LogP contribution < -0.4 is 4.90 Å². The number of rotatable bonds is 6. The summed E-state index contributed by atoms with van der Waals surface area (Å²) in [5.41, 5.74) is 2.05. The van der Waals surface area contributed by atoms with Gasteiger partial charge in [0.25, 0.3) is 0 Å². The van der Waals surface area contributed by atoms with Gasteiger partial charge in [0.05, 0.1) is 25.0 Å². The van der Waals surface area contributed by atoms with Crippen LogP contribution in [0.25, 0.3) is 0 Å². The number of carbonyl (C=O) groups excluding carboxylic acids is 1. The number of nitrogens with one attached hydrogen (secondary N) is 1. The van der Waals surface area contributed by atoms with Gasteiger partial charge in [-0.05, 0) is 42.5 Å². The number of hydrogen-bond donors (Lipinski definition) is 1. The van der Waals surface area contributed by atoms with E-state index >= 15 is 0 Å². The Morgan fingerprint density at radius 2 is 1.82 bits per heavy atom. The zero-order chi connectivity index (χ0) is 22.7. The summed E-state index contributed by atoms with van der Waals surface area (Å²) in [6.07, 6.45) is 9.96. The smallest absolute Gasteiger partial charge is 0.316 e. The standard InChI is InChI=1S/C29H36ClNO2/c30-25-12-8-9-22(19-25)13-17-31-18-14-26-23(21-31)20-27(26)33-28(32)29(15-6-1-2-7-16-29)24-10-4-3-5-11-24/h3-5,8-12,19,23,26-27H,1-2,6-7,13-18,20-21H2/p+1/t23?,26?,27-/m0/s1. The van der Waals surface area contributed by atoms with E-state index in [1.165, 1.54) is 37.9 Å². The molecule has 0 radical (unpaired) electrons. The molecule has 2 aliphatic carbocycles. The molecule has 2 saturated carbocycles. The van der Waals surface area contributed by atoms with Crippen LogP contribution in [-0.2, 0) is 21.4 Å². The molecule has 33 heavy (non-hydrogen) atoms. The van der Waals surface area contributed by atoms with Crippen molar-refractivity contribution >= 4 is 17.6 Å². The van der Waals surface area contributed by atoms with E-state index in [9.17, 15) is 4.79 Å². The Hall–Kier alpha value is -1.84. The van der Waals surface area contributed by atoms with Gasteiger partial charge in [0.2, 0.25) is 0 Å². The molecule has 3 fully saturated rings. The Morgan fingerprint density at radius 3 is 2.55 bits per heavy atom. The maximum Gasteiger partial charge on any atom is 0.316 e. The van der Waals surface area contributed by atoms with E-state index in [-0.39, 0.29) is 12.1 Å². The molecule has 3 nitrogen and oxygen atoms in total. The van der Waals surface area contributed by atoms with Crippen molar-refractivity contribution in [1.29, 1.82) is 0 Å². The number of ether oxygens (including phenoxy) is 1. The molecule has 176 valence electrons. The van der Waals surface area contributed by atoms with Gasteiger partial charge in [0.1, 0.15) is 6.10 Å². The van der Waals surface area contributed by atoms with Crippen LogP contribution in [0.15, 0.2) is 54.6 Å².